The van der Waals surface area contributed by atoms with E-state index >= 15 is 0 Å². The van der Waals surface area contributed by atoms with Crippen molar-refractivity contribution in [3.05, 3.63) is 29.8 Å². The summed E-state index contributed by atoms with van der Waals surface area (Å²) in [4.78, 5) is 1.86. The molecule has 16 heavy (non-hydrogen) atoms. The first-order valence-corrected chi connectivity index (χ1v) is 5.50. The number of rotatable bonds is 3. The molecule has 4 heteroatoms. The molecule has 0 aliphatic carbocycles. The molecule has 0 atom stereocenters. The Bertz CT molecular complexity index is 392. The molecule has 1 N–H and O–H groups in total. The van der Waals surface area contributed by atoms with E-state index < -0.39 is 0 Å². The van der Waals surface area contributed by atoms with Crippen molar-refractivity contribution < 1.29 is 0 Å². The van der Waals surface area contributed by atoms with Crippen molar-refractivity contribution in [1.82, 2.24) is 4.90 Å². The lowest BCUT2D eigenvalue weighted by atomic mass is 10.2. The standard InChI is InChI=1S/C12H15N3S/c1-10-4-6-11(7-5-10)14-12(16)15(2)9-3-8-13/h4-7H,3,9H2,1-2H3,(H,14,16). The van der Waals surface area contributed by atoms with Crippen molar-refractivity contribution in [3.63, 3.8) is 0 Å². The monoisotopic (exact) mass is 233 g/mol. The molecule has 0 bridgehead atoms. The molecule has 0 heterocycles. The van der Waals surface area contributed by atoms with Gasteiger partial charge >= 0.3 is 0 Å². The second-order valence-electron chi connectivity index (χ2n) is 3.63. The largest absolute Gasteiger partial charge is 0.351 e. The van der Waals surface area contributed by atoms with Crippen molar-refractivity contribution in [2.45, 2.75) is 13.3 Å². The molecule has 1 aromatic rings. The van der Waals surface area contributed by atoms with Crippen molar-refractivity contribution in [1.29, 1.82) is 5.26 Å². The Labute approximate surface area is 102 Å². The quantitative estimate of drug-likeness (QED) is 0.814. The maximum atomic E-state index is 8.48. The van der Waals surface area contributed by atoms with Crippen molar-refractivity contribution in [2.24, 2.45) is 0 Å². The van der Waals surface area contributed by atoms with E-state index in [1.54, 1.807) is 0 Å². The van der Waals surface area contributed by atoms with Crippen molar-refractivity contribution in [2.75, 3.05) is 18.9 Å². The Morgan fingerprint density at radius 3 is 2.62 bits per heavy atom. The van der Waals surface area contributed by atoms with Gasteiger partial charge in [0.2, 0.25) is 0 Å². The predicted molar refractivity (Wildman–Crippen MR) is 70.3 cm³/mol. The summed E-state index contributed by atoms with van der Waals surface area (Å²) < 4.78 is 0. The molecule has 0 spiro atoms. The van der Waals surface area contributed by atoms with Crippen LogP contribution >= 0.6 is 12.2 Å². The van der Waals surface area contributed by atoms with Gasteiger partial charge in [-0.1, -0.05) is 17.7 Å². The van der Waals surface area contributed by atoms with Gasteiger partial charge in [-0.05, 0) is 31.3 Å². The number of nitrogens with one attached hydrogen (secondary N) is 1. The fraction of sp³-hybridized carbons (Fsp3) is 0.333. The Hall–Kier alpha value is -1.60. The normalized spacial score (nSPS) is 9.31. The van der Waals surface area contributed by atoms with Crippen LogP contribution < -0.4 is 5.32 Å². The summed E-state index contributed by atoms with van der Waals surface area (Å²) in [6.45, 7) is 2.69. The zero-order chi connectivity index (χ0) is 12.0. The molecule has 1 aromatic carbocycles. The van der Waals surface area contributed by atoms with Gasteiger partial charge in [-0.2, -0.15) is 5.26 Å². The van der Waals surface area contributed by atoms with Gasteiger partial charge in [0.25, 0.3) is 0 Å². The third-order valence-corrected chi connectivity index (χ3v) is 2.62. The van der Waals surface area contributed by atoms with Gasteiger partial charge in [0.15, 0.2) is 5.11 Å². The summed E-state index contributed by atoms with van der Waals surface area (Å²) in [5, 5.41) is 12.2. The Kier molecular flexibility index (Phi) is 4.74. The molecule has 0 saturated carbocycles. The first kappa shape index (κ1) is 12.5. The molecular weight excluding hydrogens is 218 g/mol. The van der Waals surface area contributed by atoms with Gasteiger partial charge in [-0.3, -0.25) is 0 Å². The summed E-state index contributed by atoms with van der Waals surface area (Å²) in [5.41, 5.74) is 2.19. The minimum absolute atomic E-state index is 0.478. The van der Waals surface area contributed by atoms with Crippen LogP contribution in [0, 0.1) is 18.3 Å². The number of benzene rings is 1. The average molecular weight is 233 g/mol. The maximum Gasteiger partial charge on any atom is 0.173 e. The van der Waals surface area contributed by atoms with Crippen LogP contribution in [0.4, 0.5) is 5.69 Å². The van der Waals surface area contributed by atoms with Gasteiger partial charge in [0.05, 0.1) is 12.5 Å². The summed E-state index contributed by atoms with van der Waals surface area (Å²) >= 11 is 5.21. The third kappa shape index (κ3) is 3.87. The summed E-state index contributed by atoms with van der Waals surface area (Å²) in [6, 6.07) is 10.1. The summed E-state index contributed by atoms with van der Waals surface area (Å²) in [7, 11) is 1.88. The SMILES string of the molecule is Cc1ccc(NC(=S)N(C)CCC#N)cc1. The lowest BCUT2D eigenvalue weighted by molar-refractivity contribution is 0.523. The van der Waals surface area contributed by atoms with Crippen LogP contribution in [-0.4, -0.2) is 23.6 Å². The summed E-state index contributed by atoms with van der Waals surface area (Å²) in [6.07, 6.45) is 0.478. The highest BCUT2D eigenvalue weighted by Crippen LogP contribution is 2.09. The number of hydrogen-bond donors (Lipinski definition) is 1. The molecule has 0 unspecified atom stereocenters. The Balaban J connectivity index is 2.51. The summed E-state index contributed by atoms with van der Waals surface area (Å²) in [5.74, 6) is 0. The fourth-order valence-corrected chi connectivity index (χ4v) is 1.38. The Morgan fingerprint density at radius 2 is 2.06 bits per heavy atom. The first-order valence-electron chi connectivity index (χ1n) is 5.09. The molecular formula is C12H15N3S. The molecule has 1 rings (SSSR count). The zero-order valence-electron chi connectivity index (χ0n) is 9.53. The van der Waals surface area contributed by atoms with Gasteiger partial charge in [0.1, 0.15) is 0 Å². The molecule has 3 nitrogen and oxygen atoms in total. The predicted octanol–water partition coefficient (Wildman–Crippen LogP) is 2.54. The zero-order valence-corrected chi connectivity index (χ0v) is 10.3. The molecule has 0 saturated heterocycles. The molecule has 0 radical (unpaired) electrons. The van der Waals surface area contributed by atoms with Crippen LogP contribution in [-0.2, 0) is 0 Å². The fourth-order valence-electron chi connectivity index (χ4n) is 1.18. The van der Waals surface area contributed by atoms with Gasteiger partial charge in [0, 0.05) is 19.3 Å². The van der Waals surface area contributed by atoms with E-state index in [9.17, 15) is 0 Å². The van der Waals surface area contributed by atoms with E-state index in [-0.39, 0.29) is 0 Å². The van der Waals surface area contributed by atoms with E-state index in [4.69, 9.17) is 17.5 Å². The lowest BCUT2D eigenvalue weighted by Crippen LogP contribution is -2.31. The molecule has 0 aromatic heterocycles. The van der Waals surface area contributed by atoms with E-state index in [1.165, 1.54) is 5.56 Å². The highest BCUT2D eigenvalue weighted by atomic mass is 32.1. The smallest absolute Gasteiger partial charge is 0.173 e. The number of aryl methyl sites for hydroxylation is 1. The van der Waals surface area contributed by atoms with Gasteiger partial charge in [-0.15, -0.1) is 0 Å². The van der Waals surface area contributed by atoms with Crippen LogP contribution in [0.25, 0.3) is 0 Å². The number of thiocarbonyl (C=S) groups is 1. The molecule has 84 valence electrons. The van der Waals surface area contributed by atoms with Crippen molar-refractivity contribution >= 4 is 23.0 Å². The first-order chi connectivity index (χ1) is 7.63. The molecule has 0 aliphatic rings. The second-order valence-corrected chi connectivity index (χ2v) is 4.01. The number of anilines is 1. The highest BCUT2D eigenvalue weighted by Gasteiger charge is 2.03. The van der Waals surface area contributed by atoms with Gasteiger partial charge < -0.3 is 10.2 Å². The van der Waals surface area contributed by atoms with E-state index in [2.05, 4.69) is 11.4 Å². The van der Waals surface area contributed by atoms with E-state index in [0.29, 0.717) is 18.1 Å². The van der Waals surface area contributed by atoms with Crippen LogP contribution in [0.3, 0.4) is 0 Å². The van der Waals surface area contributed by atoms with Crippen LogP contribution in [0.5, 0.6) is 0 Å². The minimum Gasteiger partial charge on any atom is -0.351 e. The maximum absolute atomic E-state index is 8.48. The number of hydrogen-bond acceptors (Lipinski definition) is 2. The molecule has 0 amide bonds. The number of nitrogens with zero attached hydrogens (tertiary/aromatic N) is 2. The van der Waals surface area contributed by atoms with Crippen LogP contribution in [0.2, 0.25) is 0 Å². The second kappa shape index (κ2) is 6.09. The van der Waals surface area contributed by atoms with Crippen molar-refractivity contribution in [3.8, 4) is 6.07 Å². The van der Waals surface area contributed by atoms with Gasteiger partial charge in [-0.25, -0.2) is 0 Å². The highest BCUT2D eigenvalue weighted by molar-refractivity contribution is 7.80. The van der Waals surface area contributed by atoms with Crippen LogP contribution in [0.15, 0.2) is 24.3 Å². The lowest BCUT2D eigenvalue weighted by Gasteiger charge is -2.19. The average Bonchev–Trinajstić information content (AvgIpc) is 2.29. The van der Waals surface area contributed by atoms with E-state index in [0.717, 1.165) is 5.69 Å². The third-order valence-electron chi connectivity index (χ3n) is 2.21. The number of nitriles is 1. The van der Waals surface area contributed by atoms with E-state index in [1.807, 2.05) is 43.1 Å². The molecule has 0 fully saturated rings. The topological polar surface area (TPSA) is 39.1 Å². The minimum atomic E-state index is 0.478. The Morgan fingerprint density at radius 1 is 1.44 bits per heavy atom. The molecule has 0 aliphatic heterocycles. The van der Waals surface area contributed by atoms with Crippen LogP contribution in [0.1, 0.15) is 12.0 Å².